The van der Waals surface area contributed by atoms with Crippen molar-refractivity contribution in [1.29, 1.82) is 0 Å². The molecule has 9 N–H and O–H groups in total. The van der Waals surface area contributed by atoms with Gasteiger partial charge in [0.05, 0.1) is 6.54 Å². The molecule has 0 aromatic heterocycles. The highest BCUT2D eigenvalue weighted by atomic mass is 16.6. The van der Waals surface area contributed by atoms with Crippen LogP contribution in [0.1, 0.15) is 30.4 Å². The van der Waals surface area contributed by atoms with Crippen molar-refractivity contribution in [2.75, 3.05) is 46.8 Å². The van der Waals surface area contributed by atoms with Crippen molar-refractivity contribution in [3.63, 3.8) is 0 Å². The van der Waals surface area contributed by atoms with Crippen LogP contribution in [-0.4, -0.2) is 110 Å². The number of hydrogen-bond acceptors (Lipinski definition) is 9. The van der Waals surface area contributed by atoms with Gasteiger partial charge >= 0.3 is 6.09 Å². The van der Waals surface area contributed by atoms with Gasteiger partial charge < -0.3 is 52.2 Å². The zero-order chi connectivity index (χ0) is 30.9. The highest BCUT2D eigenvalue weighted by Crippen LogP contribution is 2.62. The molecule has 43 heavy (non-hydrogen) atoms. The summed E-state index contributed by atoms with van der Waals surface area (Å²) in [4.78, 5) is 45.3. The molecule has 1 aromatic rings. The van der Waals surface area contributed by atoms with Crippen LogP contribution in [0.25, 0.3) is 0 Å². The number of hydrogen-bond donors (Lipinski definition) is 6. The van der Waals surface area contributed by atoms with Gasteiger partial charge in [-0.15, -0.1) is 0 Å². The first-order chi connectivity index (χ1) is 20.6. The van der Waals surface area contributed by atoms with Crippen molar-refractivity contribution in [2.45, 2.75) is 55.4 Å². The van der Waals surface area contributed by atoms with E-state index in [9.17, 15) is 19.5 Å². The number of aliphatic imine (C=N–C) groups is 1. The summed E-state index contributed by atoms with van der Waals surface area (Å²) < 4.78 is 12.3. The van der Waals surface area contributed by atoms with Gasteiger partial charge in [-0.05, 0) is 50.9 Å². The number of rotatable bonds is 11. The highest BCUT2D eigenvalue weighted by molar-refractivity contribution is 5.88. The number of ether oxygens (including phenoxy) is 2. The number of guanidine groups is 1. The van der Waals surface area contributed by atoms with Crippen LogP contribution >= 0.6 is 0 Å². The summed E-state index contributed by atoms with van der Waals surface area (Å²) in [6.45, 7) is 1.23. The Hall–Kier alpha value is -3.88. The number of likely N-dealkylation sites (tertiary alicyclic amines) is 1. The Balaban J connectivity index is 1.21. The predicted octanol–water partition coefficient (Wildman–Crippen LogP) is -1.46. The van der Waals surface area contributed by atoms with Crippen LogP contribution in [0.4, 0.5) is 4.79 Å². The van der Waals surface area contributed by atoms with E-state index >= 15 is 0 Å². The maximum Gasteiger partial charge on any atom is 0.415 e. The topological polar surface area (TPSA) is 211 Å². The average Bonchev–Trinajstić information content (AvgIpc) is 3.34. The van der Waals surface area contributed by atoms with Gasteiger partial charge in [0, 0.05) is 49.6 Å². The smallest absolute Gasteiger partial charge is 0.415 e. The SMILES string of the molecule is CN(CCNC(=O)[C@H](CCCN=C(N)N)NC(=O)CN)C(=O)Oc1ccc2c3c1O[C@H]1C(O)C=CC4[C@@H](C2)N(C)CC[C@@]341. The molecule has 5 rings (SSSR count). The first-order valence-corrected chi connectivity index (χ1v) is 14.7. The molecule has 2 heterocycles. The molecule has 14 heteroatoms. The third kappa shape index (κ3) is 5.74. The molecular weight excluding hydrogens is 556 g/mol. The summed E-state index contributed by atoms with van der Waals surface area (Å²) in [7, 11) is 3.71. The van der Waals surface area contributed by atoms with Crippen LogP contribution in [0.5, 0.6) is 11.5 Å². The zero-order valence-corrected chi connectivity index (χ0v) is 24.6. The molecule has 1 aromatic carbocycles. The van der Waals surface area contributed by atoms with Gasteiger partial charge in [0.2, 0.25) is 11.8 Å². The third-order valence-corrected chi connectivity index (χ3v) is 9.17. The fourth-order valence-corrected chi connectivity index (χ4v) is 7.07. The van der Waals surface area contributed by atoms with Gasteiger partial charge in [0.15, 0.2) is 17.5 Å². The Kier molecular flexibility index (Phi) is 8.81. The number of carbonyl (C=O) groups is 3. The van der Waals surface area contributed by atoms with Crippen LogP contribution in [-0.2, 0) is 21.4 Å². The molecule has 2 aliphatic heterocycles. The largest absolute Gasteiger partial charge is 0.482 e. The number of likely N-dealkylation sites (N-methyl/N-ethyl adjacent to an activating group) is 2. The summed E-state index contributed by atoms with van der Waals surface area (Å²) in [5.74, 6) is 0.127. The fraction of sp³-hybridized carbons (Fsp3) is 0.586. The number of piperidine rings is 1. The molecular formula is C29H42N8O6. The Morgan fingerprint density at radius 1 is 1.30 bits per heavy atom. The summed E-state index contributed by atoms with van der Waals surface area (Å²) in [5, 5.41) is 16.3. The minimum absolute atomic E-state index is 0.0510. The molecule has 0 radical (unpaired) electrons. The van der Waals surface area contributed by atoms with E-state index in [1.165, 1.54) is 10.5 Å². The standard InChI is InChI=1S/C29H42N8O6/c1-36-12-9-29-17-6-7-20(38)25(29)43-24-21(8-5-16(23(24)29)14-19(17)36)42-28(41)37(2)13-11-33-26(40)18(35-22(39)15-30)4-3-10-34-27(31)32/h5-8,17-20,25,38H,3-4,9-15,30H2,1-2H3,(H,33,40)(H,35,39)(H4,31,32,34)/t17?,18-,19+,20?,25-,29-/m0/s1. The molecule has 2 aliphatic carbocycles. The molecule has 3 amide bonds. The third-order valence-electron chi connectivity index (χ3n) is 9.17. The van der Waals surface area contributed by atoms with Crippen molar-refractivity contribution in [3.05, 3.63) is 35.4 Å². The molecule has 234 valence electrons. The van der Waals surface area contributed by atoms with Crippen molar-refractivity contribution in [1.82, 2.24) is 20.4 Å². The summed E-state index contributed by atoms with van der Waals surface area (Å²) >= 11 is 0. The van der Waals surface area contributed by atoms with E-state index in [2.05, 4.69) is 33.6 Å². The molecule has 1 saturated heterocycles. The van der Waals surface area contributed by atoms with Crippen molar-refractivity contribution < 1.29 is 29.0 Å². The first kappa shape index (κ1) is 30.6. The van der Waals surface area contributed by atoms with Gasteiger partial charge in [-0.1, -0.05) is 18.2 Å². The molecule has 1 spiro atoms. The van der Waals surface area contributed by atoms with Crippen molar-refractivity contribution >= 4 is 23.9 Å². The summed E-state index contributed by atoms with van der Waals surface area (Å²) in [5.41, 5.74) is 17.9. The van der Waals surface area contributed by atoms with Crippen LogP contribution in [0.2, 0.25) is 0 Å². The lowest BCUT2D eigenvalue weighted by Gasteiger charge is -2.56. The monoisotopic (exact) mass is 598 g/mol. The van der Waals surface area contributed by atoms with Crippen LogP contribution in [0.3, 0.4) is 0 Å². The number of benzene rings is 1. The highest BCUT2D eigenvalue weighted by Gasteiger charge is 2.64. The van der Waals surface area contributed by atoms with Gasteiger partial charge in [-0.3, -0.25) is 14.6 Å². The maximum atomic E-state index is 13.1. The molecule has 2 bridgehead atoms. The molecule has 14 nitrogen and oxygen atoms in total. The van der Waals surface area contributed by atoms with E-state index in [4.69, 9.17) is 26.7 Å². The maximum absolute atomic E-state index is 13.1. The van der Waals surface area contributed by atoms with E-state index in [1.807, 2.05) is 12.1 Å². The number of nitrogens with two attached hydrogens (primary N) is 3. The Bertz CT molecular complexity index is 1320. The zero-order valence-electron chi connectivity index (χ0n) is 24.6. The minimum atomic E-state index is -0.824. The van der Waals surface area contributed by atoms with Gasteiger partial charge in [0.1, 0.15) is 18.2 Å². The van der Waals surface area contributed by atoms with E-state index in [-0.39, 0.29) is 36.9 Å². The number of nitrogens with zero attached hydrogens (tertiary/aromatic N) is 3. The normalized spacial score (nSPS) is 26.9. The molecule has 4 aliphatic rings. The Morgan fingerprint density at radius 2 is 2.09 bits per heavy atom. The van der Waals surface area contributed by atoms with Crippen molar-refractivity contribution in [2.24, 2.45) is 28.1 Å². The van der Waals surface area contributed by atoms with Crippen molar-refractivity contribution in [3.8, 4) is 11.5 Å². The number of aliphatic hydroxyl groups excluding tert-OH is 1. The Morgan fingerprint density at radius 3 is 2.84 bits per heavy atom. The lowest BCUT2D eigenvalue weighted by Crippen LogP contribution is -2.64. The Labute approximate surface area is 250 Å². The number of aliphatic hydroxyl groups is 1. The molecule has 0 saturated carbocycles. The number of carbonyl (C=O) groups excluding carboxylic acids is 3. The minimum Gasteiger partial charge on any atom is -0.482 e. The van der Waals surface area contributed by atoms with Gasteiger partial charge in [-0.2, -0.15) is 0 Å². The van der Waals surface area contributed by atoms with E-state index in [1.54, 1.807) is 13.1 Å². The lowest BCUT2D eigenvalue weighted by atomic mass is 9.53. The van der Waals surface area contributed by atoms with Gasteiger partial charge in [-0.25, -0.2) is 4.79 Å². The summed E-state index contributed by atoms with van der Waals surface area (Å²) in [6, 6.07) is 3.26. The van der Waals surface area contributed by atoms with E-state index < -0.39 is 36.2 Å². The summed E-state index contributed by atoms with van der Waals surface area (Å²) in [6.07, 6.45) is 4.64. The fourth-order valence-electron chi connectivity index (χ4n) is 7.07. The number of nitrogens with one attached hydrogen (secondary N) is 2. The van der Waals surface area contributed by atoms with E-state index in [0.29, 0.717) is 36.9 Å². The second-order valence-electron chi connectivity index (χ2n) is 11.8. The van der Waals surface area contributed by atoms with E-state index in [0.717, 1.165) is 24.9 Å². The number of amides is 3. The molecule has 1 fully saturated rings. The predicted molar refractivity (Wildman–Crippen MR) is 158 cm³/mol. The lowest BCUT2D eigenvalue weighted by molar-refractivity contribution is -0.128. The average molecular weight is 599 g/mol. The molecule has 2 unspecified atom stereocenters. The van der Waals surface area contributed by atoms with Gasteiger partial charge in [0.25, 0.3) is 0 Å². The molecule has 6 atom stereocenters. The quantitative estimate of drug-likeness (QED) is 0.0754. The van der Waals surface area contributed by atoms with Crippen LogP contribution in [0.15, 0.2) is 29.3 Å². The van der Waals surface area contributed by atoms with Crippen LogP contribution in [0, 0.1) is 5.92 Å². The second kappa shape index (κ2) is 12.4. The second-order valence-corrected chi connectivity index (χ2v) is 11.8. The van der Waals surface area contributed by atoms with Crippen LogP contribution < -0.4 is 37.3 Å². The first-order valence-electron chi connectivity index (χ1n) is 14.7.